The molecule has 1 amide bonds. The fourth-order valence-electron chi connectivity index (χ4n) is 3.77. The summed E-state index contributed by atoms with van der Waals surface area (Å²) in [6.07, 6.45) is 6.10. The second-order valence-corrected chi connectivity index (χ2v) is 9.05. The Morgan fingerprint density at radius 2 is 2.08 bits per heavy atom. The number of nitriles is 1. The van der Waals surface area contributed by atoms with Gasteiger partial charge in [0.25, 0.3) is 5.91 Å². The SMILES string of the molecule is C=CCc1ccc(OCCn2cc(/C=C(/C#N)C(=O)Nc3nnc(C)s3)c3ccccc32)c(OC)c1. The lowest BCUT2D eigenvalue weighted by molar-refractivity contribution is -0.112. The number of para-hydroxylation sites is 1. The van der Waals surface area contributed by atoms with Crippen molar-refractivity contribution in [1.82, 2.24) is 14.8 Å². The molecule has 0 spiro atoms. The van der Waals surface area contributed by atoms with Crippen LogP contribution in [-0.2, 0) is 17.8 Å². The summed E-state index contributed by atoms with van der Waals surface area (Å²) in [5, 5.41) is 22.0. The van der Waals surface area contributed by atoms with Crippen molar-refractivity contribution in [2.45, 2.75) is 19.9 Å². The molecule has 4 aromatic rings. The number of aromatic nitrogens is 3. The molecular weight excluding hydrogens is 474 g/mol. The number of amides is 1. The molecule has 2 heterocycles. The third kappa shape index (κ3) is 5.62. The van der Waals surface area contributed by atoms with E-state index in [1.54, 1.807) is 20.1 Å². The quantitative estimate of drug-likeness (QED) is 0.184. The molecule has 36 heavy (non-hydrogen) atoms. The van der Waals surface area contributed by atoms with Gasteiger partial charge in [-0.25, -0.2) is 0 Å². The van der Waals surface area contributed by atoms with E-state index in [-0.39, 0.29) is 5.57 Å². The van der Waals surface area contributed by atoms with Crippen molar-refractivity contribution in [3.05, 3.63) is 83.0 Å². The van der Waals surface area contributed by atoms with Crippen LogP contribution in [0.1, 0.15) is 16.1 Å². The maximum Gasteiger partial charge on any atom is 0.268 e. The van der Waals surface area contributed by atoms with E-state index in [1.165, 1.54) is 11.3 Å². The highest BCUT2D eigenvalue weighted by atomic mass is 32.1. The molecule has 1 N–H and O–H groups in total. The number of carbonyl (C=O) groups excluding carboxylic acids is 1. The van der Waals surface area contributed by atoms with Crippen LogP contribution in [0, 0.1) is 18.3 Å². The normalized spacial score (nSPS) is 11.2. The Hall–Kier alpha value is -4.42. The molecule has 8 nitrogen and oxygen atoms in total. The number of ether oxygens (including phenoxy) is 2. The van der Waals surface area contributed by atoms with E-state index in [1.807, 2.05) is 65.4 Å². The second-order valence-electron chi connectivity index (χ2n) is 7.87. The summed E-state index contributed by atoms with van der Waals surface area (Å²) in [5.74, 6) is 0.809. The van der Waals surface area contributed by atoms with Crippen molar-refractivity contribution >= 4 is 39.4 Å². The average molecular weight is 500 g/mol. The Kier molecular flexibility index (Phi) is 7.78. The van der Waals surface area contributed by atoms with Crippen molar-refractivity contribution in [3.63, 3.8) is 0 Å². The molecule has 0 bridgehead atoms. The Labute approximate surface area is 213 Å². The lowest BCUT2D eigenvalue weighted by Crippen LogP contribution is -2.13. The second kappa shape index (κ2) is 11.3. The Morgan fingerprint density at radius 3 is 2.81 bits per heavy atom. The van der Waals surface area contributed by atoms with E-state index in [0.717, 1.165) is 33.5 Å². The maximum absolute atomic E-state index is 12.6. The number of anilines is 1. The van der Waals surface area contributed by atoms with Crippen LogP contribution in [-0.4, -0.2) is 34.4 Å². The average Bonchev–Trinajstić information content (AvgIpc) is 3.46. The minimum atomic E-state index is -0.527. The van der Waals surface area contributed by atoms with E-state index in [9.17, 15) is 10.1 Å². The minimum absolute atomic E-state index is 0.0219. The summed E-state index contributed by atoms with van der Waals surface area (Å²) in [4.78, 5) is 12.6. The maximum atomic E-state index is 12.6. The van der Waals surface area contributed by atoms with E-state index >= 15 is 0 Å². The molecule has 4 rings (SSSR count). The molecule has 0 atom stereocenters. The van der Waals surface area contributed by atoms with E-state index in [2.05, 4.69) is 22.1 Å². The molecule has 0 aliphatic rings. The van der Waals surface area contributed by atoms with Crippen LogP contribution >= 0.6 is 11.3 Å². The molecule has 0 unspecified atom stereocenters. The number of nitrogens with one attached hydrogen (secondary N) is 1. The zero-order chi connectivity index (χ0) is 25.5. The van der Waals surface area contributed by atoms with Crippen molar-refractivity contribution in [2.75, 3.05) is 19.0 Å². The Balaban J connectivity index is 1.53. The minimum Gasteiger partial charge on any atom is -0.493 e. The smallest absolute Gasteiger partial charge is 0.268 e. The predicted molar refractivity (Wildman–Crippen MR) is 141 cm³/mol. The van der Waals surface area contributed by atoms with Crippen molar-refractivity contribution < 1.29 is 14.3 Å². The molecule has 0 aliphatic heterocycles. The number of fused-ring (bicyclic) bond motifs is 1. The molecule has 182 valence electrons. The molecule has 0 aliphatic carbocycles. The van der Waals surface area contributed by atoms with Crippen molar-refractivity contribution in [1.29, 1.82) is 5.26 Å². The summed E-state index contributed by atoms with van der Waals surface area (Å²) < 4.78 is 13.5. The molecular formula is C27H25N5O3S. The highest BCUT2D eigenvalue weighted by Crippen LogP contribution is 2.29. The highest BCUT2D eigenvalue weighted by Gasteiger charge is 2.15. The van der Waals surface area contributed by atoms with Gasteiger partial charge in [-0.2, -0.15) is 5.26 Å². The van der Waals surface area contributed by atoms with Crippen LogP contribution in [0.25, 0.3) is 17.0 Å². The zero-order valence-electron chi connectivity index (χ0n) is 20.0. The largest absolute Gasteiger partial charge is 0.493 e. The van der Waals surface area contributed by atoms with Gasteiger partial charge in [-0.1, -0.05) is 41.7 Å². The third-order valence-corrected chi connectivity index (χ3v) is 6.18. The number of carbonyl (C=O) groups is 1. The van der Waals surface area contributed by atoms with Crippen LogP contribution in [0.4, 0.5) is 5.13 Å². The summed E-state index contributed by atoms with van der Waals surface area (Å²) in [7, 11) is 1.62. The number of rotatable bonds is 10. The van der Waals surface area contributed by atoms with Gasteiger partial charge in [0.2, 0.25) is 5.13 Å². The number of benzene rings is 2. The Morgan fingerprint density at radius 1 is 1.25 bits per heavy atom. The van der Waals surface area contributed by atoms with Gasteiger partial charge >= 0.3 is 0 Å². The van der Waals surface area contributed by atoms with Gasteiger partial charge in [-0.3, -0.25) is 10.1 Å². The third-order valence-electron chi connectivity index (χ3n) is 5.43. The van der Waals surface area contributed by atoms with Gasteiger partial charge in [-0.05, 0) is 43.2 Å². The topological polar surface area (TPSA) is 102 Å². The molecule has 0 saturated carbocycles. The first-order chi connectivity index (χ1) is 17.5. The van der Waals surface area contributed by atoms with Gasteiger partial charge in [0, 0.05) is 22.7 Å². The van der Waals surface area contributed by atoms with Crippen molar-refractivity contribution in [3.8, 4) is 17.6 Å². The summed E-state index contributed by atoms with van der Waals surface area (Å²) >= 11 is 1.25. The number of nitrogens with zero attached hydrogens (tertiary/aromatic N) is 4. The first-order valence-corrected chi connectivity index (χ1v) is 12.1. The summed E-state index contributed by atoms with van der Waals surface area (Å²) in [6, 6.07) is 15.7. The monoisotopic (exact) mass is 499 g/mol. The highest BCUT2D eigenvalue weighted by molar-refractivity contribution is 7.15. The van der Waals surface area contributed by atoms with E-state index < -0.39 is 5.91 Å². The van der Waals surface area contributed by atoms with Gasteiger partial charge in [-0.15, -0.1) is 16.8 Å². The summed E-state index contributed by atoms with van der Waals surface area (Å²) in [5.41, 5.74) is 2.81. The summed E-state index contributed by atoms with van der Waals surface area (Å²) in [6.45, 7) is 6.53. The number of aryl methyl sites for hydroxylation is 1. The molecule has 0 fully saturated rings. The first-order valence-electron chi connectivity index (χ1n) is 11.2. The van der Waals surface area contributed by atoms with E-state index in [4.69, 9.17) is 9.47 Å². The van der Waals surface area contributed by atoms with Gasteiger partial charge < -0.3 is 14.0 Å². The molecule has 2 aromatic heterocycles. The molecule has 0 saturated heterocycles. The number of methoxy groups -OCH3 is 1. The first kappa shape index (κ1) is 24.7. The lowest BCUT2D eigenvalue weighted by atomic mass is 10.1. The molecule has 2 aromatic carbocycles. The van der Waals surface area contributed by atoms with Gasteiger partial charge in [0.05, 0.1) is 13.7 Å². The van der Waals surface area contributed by atoms with E-state index in [0.29, 0.717) is 29.8 Å². The lowest BCUT2D eigenvalue weighted by Gasteiger charge is -2.12. The van der Waals surface area contributed by atoms with Crippen molar-refractivity contribution in [2.24, 2.45) is 0 Å². The van der Waals surface area contributed by atoms with Crippen LogP contribution in [0.15, 0.2) is 66.9 Å². The number of allylic oxidation sites excluding steroid dienone is 1. The van der Waals surface area contributed by atoms with Crippen LogP contribution in [0.5, 0.6) is 11.5 Å². The van der Waals surface area contributed by atoms with Gasteiger partial charge in [0.1, 0.15) is 23.3 Å². The van der Waals surface area contributed by atoms with Gasteiger partial charge in [0.15, 0.2) is 11.5 Å². The standard InChI is InChI=1S/C27H25N5O3S/c1-4-7-19-10-11-24(25(14-19)34-3)35-13-12-32-17-21(22-8-5-6-9-23(22)32)15-20(16-28)26(33)29-27-31-30-18(2)36-27/h4-6,8-11,14-15,17H,1,7,12-13H2,2-3H3,(H,29,31,33)/b20-15-. The van der Waals surface area contributed by atoms with Crippen LogP contribution in [0.2, 0.25) is 0 Å². The molecule has 0 radical (unpaired) electrons. The number of hydrogen-bond acceptors (Lipinski definition) is 7. The number of hydrogen-bond donors (Lipinski definition) is 1. The predicted octanol–water partition coefficient (Wildman–Crippen LogP) is 5.16. The van der Waals surface area contributed by atoms with Crippen LogP contribution < -0.4 is 14.8 Å². The fraction of sp³-hybridized carbons (Fsp3) is 0.185. The Bertz CT molecular complexity index is 1480. The zero-order valence-corrected chi connectivity index (χ0v) is 20.8. The van der Waals surface area contributed by atoms with Crippen LogP contribution in [0.3, 0.4) is 0 Å². The molecule has 9 heteroatoms. The fourth-order valence-corrected chi connectivity index (χ4v) is 4.36.